The number of carbonyl (C=O) groups excluding carboxylic acids is 1. The maximum absolute atomic E-state index is 12.7. The molecule has 214 valence electrons. The average molecular weight is 557 g/mol. The van der Waals surface area contributed by atoms with Crippen LogP contribution in [0.4, 0.5) is 11.6 Å². The van der Waals surface area contributed by atoms with Crippen molar-refractivity contribution >= 4 is 23.5 Å². The number of carboxylic acid groups (broad SMARTS) is 1. The largest absolute Gasteiger partial charge is 0.481 e. The van der Waals surface area contributed by atoms with Gasteiger partial charge in [-0.25, -0.2) is 9.97 Å². The Morgan fingerprint density at radius 2 is 1.83 bits per heavy atom. The number of rotatable bonds is 8. The Morgan fingerprint density at radius 1 is 1.05 bits per heavy atom. The summed E-state index contributed by atoms with van der Waals surface area (Å²) in [6.45, 7) is 8.53. The number of aryl methyl sites for hydroxylation is 1. The molecule has 4 aromatic rings. The summed E-state index contributed by atoms with van der Waals surface area (Å²) in [4.78, 5) is 33.0. The molecule has 0 unspecified atom stereocenters. The van der Waals surface area contributed by atoms with Crippen molar-refractivity contribution in [1.29, 1.82) is 0 Å². The lowest BCUT2D eigenvalue weighted by Gasteiger charge is -2.26. The molecule has 0 saturated heterocycles. The molecule has 3 N–H and O–H groups in total. The quantitative estimate of drug-likeness (QED) is 0.273. The molecular formula is C30H36N8O3. The molecule has 1 aliphatic rings. The van der Waals surface area contributed by atoms with Crippen LogP contribution in [0.3, 0.4) is 0 Å². The Bertz CT molecular complexity index is 1540. The first-order chi connectivity index (χ1) is 19.6. The fourth-order valence-corrected chi connectivity index (χ4v) is 5.04. The van der Waals surface area contributed by atoms with Crippen molar-refractivity contribution in [3.05, 3.63) is 71.9 Å². The van der Waals surface area contributed by atoms with Gasteiger partial charge < -0.3 is 15.7 Å². The topological polar surface area (TPSA) is 140 Å². The summed E-state index contributed by atoms with van der Waals surface area (Å²) in [6.07, 6.45) is 11.7. The van der Waals surface area contributed by atoms with Gasteiger partial charge in [0, 0.05) is 30.7 Å². The predicted molar refractivity (Wildman–Crippen MR) is 155 cm³/mol. The van der Waals surface area contributed by atoms with E-state index in [1.807, 2.05) is 56.8 Å². The lowest BCUT2D eigenvalue weighted by Crippen LogP contribution is -2.24. The number of aliphatic carboxylic acids is 1. The Labute approximate surface area is 239 Å². The zero-order valence-electron chi connectivity index (χ0n) is 23.8. The van der Waals surface area contributed by atoms with Crippen LogP contribution in [0.5, 0.6) is 0 Å². The average Bonchev–Trinajstić information content (AvgIpc) is 3.63. The molecule has 1 amide bonds. The number of hydrogen-bond acceptors (Lipinski definition) is 7. The van der Waals surface area contributed by atoms with Gasteiger partial charge in [0.05, 0.1) is 46.8 Å². The minimum absolute atomic E-state index is 0.160. The Balaban J connectivity index is 1.20. The molecule has 0 aliphatic heterocycles. The van der Waals surface area contributed by atoms with Gasteiger partial charge in [-0.2, -0.15) is 10.2 Å². The fraction of sp³-hybridized carbons (Fsp3) is 0.400. The number of aromatic nitrogens is 6. The molecule has 41 heavy (non-hydrogen) atoms. The van der Waals surface area contributed by atoms with Gasteiger partial charge in [0.2, 0.25) is 5.95 Å². The smallest absolute Gasteiger partial charge is 0.306 e. The number of carbonyl (C=O) groups is 2. The molecule has 3 aromatic heterocycles. The molecule has 5 rings (SSSR count). The Hall–Kier alpha value is -4.54. The summed E-state index contributed by atoms with van der Waals surface area (Å²) < 4.78 is 3.69. The molecule has 3 heterocycles. The molecule has 0 radical (unpaired) electrons. The third kappa shape index (κ3) is 6.62. The molecular weight excluding hydrogens is 520 g/mol. The van der Waals surface area contributed by atoms with E-state index < -0.39 is 5.97 Å². The van der Waals surface area contributed by atoms with Crippen molar-refractivity contribution in [3.8, 4) is 11.3 Å². The number of amides is 1. The number of benzene rings is 1. The molecule has 1 fully saturated rings. The van der Waals surface area contributed by atoms with Crippen LogP contribution in [0.1, 0.15) is 74.0 Å². The molecule has 0 bridgehead atoms. The molecule has 1 saturated carbocycles. The van der Waals surface area contributed by atoms with Crippen molar-refractivity contribution in [1.82, 2.24) is 34.8 Å². The van der Waals surface area contributed by atoms with Crippen LogP contribution in [0.15, 0.2) is 55.2 Å². The highest BCUT2D eigenvalue weighted by atomic mass is 16.4. The van der Waals surface area contributed by atoms with Crippen molar-refractivity contribution in [3.63, 3.8) is 0 Å². The van der Waals surface area contributed by atoms with Crippen LogP contribution in [-0.4, -0.2) is 46.5 Å². The molecule has 0 atom stereocenters. The standard InChI is InChI=1S/C30H36N8O3/c1-19-13-21(5-6-22(19)14-32-27(39)23-15-34-38(17-23)30(2,3)4)26-11-12-31-29(36-26)35-24-16-33-37(18-24)25-9-7-20(8-10-25)28(40)41/h5-6,11-13,15-18,20,25H,7-10,14H2,1-4H3,(H,32,39)(H,40,41)(H,31,35,36)/t20-,25-. The summed E-state index contributed by atoms with van der Waals surface area (Å²) >= 11 is 0. The number of nitrogens with one attached hydrogen (secondary N) is 2. The third-order valence-corrected chi connectivity index (χ3v) is 7.54. The summed E-state index contributed by atoms with van der Waals surface area (Å²) in [6, 6.07) is 8.10. The van der Waals surface area contributed by atoms with E-state index in [0.717, 1.165) is 40.9 Å². The normalized spacial score (nSPS) is 17.3. The highest BCUT2D eigenvalue weighted by molar-refractivity contribution is 5.93. The lowest BCUT2D eigenvalue weighted by molar-refractivity contribution is -0.143. The monoisotopic (exact) mass is 556 g/mol. The van der Waals surface area contributed by atoms with Gasteiger partial charge in [0.1, 0.15) is 0 Å². The predicted octanol–water partition coefficient (Wildman–Crippen LogP) is 5.09. The molecule has 1 aliphatic carbocycles. The zero-order chi connectivity index (χ0) is 29.1. The number of carboxylic acids is 1. The summed E-state index contributed by atoms with van der Waals surface area (Å²) in [5.41, 5.74) is 4.90. The van der Waals surface area contributed by atoms with Gasteiger partial charge in [-0.3, -0.25) is 19.0 Å². The van der Waals surface area contributed by atoms with Gasteiger partial charge in [-0.15, -0.1) is 0 Å². The Morgan fingerprint density at radius 3 is 2.51 bits per heavy atom. The van der Waals surface area contributed by atoms with E-state index >= 15 is 0 Å². The number of anilines is 2. The van der Waals surface area contributed by atoms with Gasteiger partial charge in [0.25, 0.3) is 5.91 Å². The van der Waals surface area contributed by atoms with Gasteiger partial charge in [-0.05, 0) is 76.6 Å². The highest BCUT2D eigenvalue weighted by Gasteiger charge is 2.27. The molecule has 11 heteroatoms. The van der Waals surface area contributed by atoms with Gasteiger partial charge in [0.15, 0.2) is 0 Å². The first kappa shape index (κ1) is 28.0. The van der Waals surface area contributed by atoms with Crippen molar-refractivity contribution < 1.29 is 14.7 Å². The van der Waals surface area contributed by atoms with E-state index in [0.29, 0.717) is 30.9 Å². The third-order valence-electron chi connectivity index (χ3n) is 7.54. The molecule has 0 spiro atoms. The molecule has 11 nitrogen and oxygen atoms in total. The molecule has 1 aromatic carbocycles. The van der Waals surface area contributed by atoms with Crippen LogP contribution in [0.25, 0.3) is 11.3 Å². The summed E-state index contributed by atoms with van der Waals surface area (Å²) in [5, 5.41) is 24.2. The van der Waals surface area contributed by atoms with E-state index in [4.69, 9.17) is 4.98 Å². The van der Waals surface area contributed by atoms with Gasteiger partial charge in [-0.1, -0.05) is 12.1 Å². The van der Waals surface area contributed by atoms with Crippen molar-refractivity contribution in [2.24, 2.45) is 5.92 Å². The van der Waals surface area contributed by atoms with E-state index in [9.17, 15) is 14.7 Å². The van der Waals surface area contributed by atoms with Crippen molar-refractivity contribution in [2.45, 2.75) is 71.5 Å². The van der Waals surface area contributed by atoms with Crippen LogP contribution in [0.2, 0.25) is 0 Å². The maximum atomic E-state index is 12.7. The van der Waals surface area contributed by atoms with E-state index in [2.05, 4.69) is 31.9 Å². The summed E-state index contributed by atoms with van der Waals surface area (Å²) in [7, 11) is 0. The van der Waals surface area contributed by atoms with Crippen molar-refractivity contribution in [2.75, 3.05) is 5.32 Å². The van der Waals surface area contributed by atoms with Crippen LogP contribution >= 0.6 is 0 Å². The second-order valence-corrected chi connectivity index (χ2v) is 11.6. The number of nitrogens with zero attached hydrogens (tertiary/aromatic N) is 6. The highest BCUT2D eigenvalue weighted by Crippen LogP contribution is 2.32. The maximum Gasteiger partial charge on any atom is 0.306 e. The Kier molecular flexibility index (Phi) is 7.87. The van der Waals surface area contributed by atoms with Gasteiger partial charge >= 0.3 is 5.97 Å². The second-order valence-electron chi connectivity index (χ2n) is 11.6. The first-order valence-corrected chi connectivity index (χ1v) is 13.9. The second kappa shape index (κ2) is 11.5. The minimum Gasteiger partial charge on any atom is -0.481 e. The van der Waals surface area contributed by atoms with Crippen LogP contribution in [-0.2, 0) is 16.9 Å². The number of hydrogen-bond donors (Lipinski definition) is 3. The van der Waals surface area contributed by atoms with Crippen LogP contribution in [0, 0.1) is 12.8 Å². The van der Waals surface area contributed by atoms with E-state index in [1.54, 1.807) is 29.5 Å². The minimum atomic E-state index is -0.708. The SMILES string of the molecule is Cc1cc(-c2ccnc(Nc3cnn([C@H]4CC[C@H](C(=O)O)CC4)c3)n2)ccc1CNC(=O)c1cnn(C(C)(C)C)c1. The van der Waals surface area contributed by atoms with E-state index in [1.165, 1.54) is 0 Å². The first-order valence-electron chi connectivity index (χ1n) is 13.9. The summed E-state index contributed by atoms with van der Waals surface area (Å²) in [5.74, 6) is -0.662. The zero-order valence-corrected chi connectivity index (χ0v) is 23.8. The lowest BCUT2D eigenvalue weighted by atomic mass is 9.86. The van der Waals surface area contributed by atoms with Crippen LogP contribution < -0.4 is 10.6 Å². The van der Waals surface area contributed by atoms with E-state index in [-0.39, 0.29) is 23.4 Å². The fourth-order valence-electron chi connectivity index (χ4n) is 5.04.